The van der Waals surface area contributed by atoms with Crippen LogP contribution in [0.3, 0.4) is 0 Å². The highest BCUT2D eigenvalue weighted by atomic mass is 127. The zero-order chi connectivity index (χ0) is 33.1. The van der Waals surface area contributed by atoms with Gasteiger partial charge in [0.25, 0.3) is 5.56 Å². The van der Waals surface area contributed by atoms with Gasteiger partial charge in [-0.3, -0.25) is 9.36 Å². The fraction of sp³-hybridized carbons (Fsp3) is 0.139. The molecular formula is C36H27ClI2N2O5S. The van der Waals surface area contributed by atoms with E-state index in [1.807, 2.05) is 97.1 Å². The second-order valence-electron chi connectivity index (χ2n) is 10.4. The molecule has 0 unspecified atom stereocenters. The number of carbonyl (C=O) groups is 1. The Hall–Kier alpha value is -3.46. The van der Waals surface area contributed by atoms with Crippen LogP contribution in [-0.2, 0) is 16.1 Å². The van der Waals surface area contributed by atoms with Crippen LogP contribution in [0.1, 0.15) is 35.2 Å². The summed E-state index contributed by atoms with van der Waals surface area (Å²) >= 11 is 12.1. The lowest BCUT2D eigenvalue weighted by molar-refractivity contribution is -0.138. The number of rotatable bonds is 9. The van der Waals surface area contributed by atoms with Gasteiger partial charge in [0.1, 0.15) is 18.1 Å². The van der Waals surface area contributed by atoms with Gasteiger partial charge in [0.05, 0.1) is 42.7 Å². The van der Waals surface area contributed by atoms with E-state index in [0.29, 0.717) is 38.0 Å². The Morgan fingerprint density at radius 2 is 1.68 bits per heavy atom. The molecule has 1 atom stereocenters. The molecule has 0 spiro atoms. The number of hydrogen-bond acceptors (Lipinski definition) is 7. The number of esters is 1. The molecule has 5 aromatic rings. The van der Waals surface area contributed by atoms with Crippen molar-refractivity contribution < 1.29 is 19.0 Å². The Kier molecular flexibility index (Phi) is 10.5. The summed E-state index contributed by atoms with van der Waals surface area (Å²) in [6, 6.07) is 27.6. The van der Waals surface area contributed by atoms with Crippen molar-refractivity contribution in [2.24, 2.45) is 4.99 Å². The van der Waals surface area contributed by atoms with Crippen molar-refractivity contribution in [3.8, 4) is 11.5 Å². The first-order valence-corrected chi connectivity index (χ1v) is 17.9. The quantitative estimate of drug-likeness (QED) is 0.114. The topological polar surface area (TPSA) is 79.1 Å². The smallest absolute Gasteiger partial charge is 0.338 e. The highest BCUT2D eigenvalue weighted by Crippen LogP contribution is 2.36. The maximum atomic E-state index is 14.3. The minimum absolute atomic E-state index is 0.180. The van der Waals surface area contributed by atoms with Crippen molar-refractivity contribution in [1.29, 1.82) is 0 Å². The average molecular weight is 889 g/mol. The van der Waals surface area contributed by atoms with Crippen LogP contribution in [0.15, 0.2) is 106 Å². The normalized spacial score (nSPS) is 14.4. The molecule has 0 saturated heterocycles. The molecule has 47 heavy (non-hydrogen) atoms. The number of nitrogens with zero attached hydrogens (tertiary/aromatic N) is 2. The second-order valence-corrected chi connectivity index (χ2v) is 14.1. The lowest BCUT2D eigenvalue weighted by atomic mass is 9.93. The molecule has 0 aliphatic carbocycles. The van der Waals surface area contributed by atoms with Crippen molar-refractivity contribution >= 4 is 85.9 Å². The van der Waals surface area contributed by atoms with Gasteiger partial charge in [-0.1, -0.05) is 83.6 Å². The molecule has 0 amide bonds. The number of fused-ring (bicyclic) bond motifs is 1. The Bertz CT molecular complexity index is 2160. The zero-order valence-electron chi connectivity index (χ0n) is 25.2. The molecule has 0 bridgehead atoms. The van der Waals surface area contributed by atoms with Crippen LogP contribution in [-0.4, -0.2) is 24.3 Å². The van der Waals surface area contributed by atoms with Crippen LogP contribution in [0.4, 0.5) is 0 Å². The predicted octanol–water partition coefficient (Wildman–Crippen LogP) is 7.39. The van der Waals surface area contributed by atoms with E-state index in [2.05, 4.69) is 45.2 Å². The van der Waals surface area contributed by atoms with E-state index >= 15 is 0 Å². The van der Waals surface area contributed by atoms with Gasteiger partial charge in [0, 0.05) is 16.1 Å². The van der Waals surface area contributed by atoms with Gasteiger partial charge in [0.15, 0.2) is 4.80 Å². The van der Waals surface area contributed by atoms with E-state index in [4.69, 9.17) is 30.8 Å². The number of halogens is 3. The molecule has 1 aromatic heterocycles. The van der Waals surface area contributed by atoms with E-state index in [0.717, 1.165) is 35.1 Å². The summed E-state index contributed by atoms with van der Waals surface area (Å²) in [7, 11) is 1.59. The van der Waals surface area contributed by atoms with Gasteiger partial charge >= 0.3 is 5.97 Å². The number of thiazole rings is 1. The van der Waals surface area contributed by atoms with Crippen molar-refractivity contribution in [2.75, 3.05) is 13.7 Å². The molecular weight excluding hydrogens is 862 g/mol. The number of hydrogen-bond donors (Lipinski definition) is 0. The number of carbonyl (C=O) groups excluding carboxylic acids is 1. The van der Waals surface area contributed by atoms with Crippen molar-refractivity contribution in [1.82, 2.24) is 4.57 Å². The monoisotopic (exact) mass is 888 g/mol. The van der Waals surface area contributed by atoms with Crippen molar-refractivity contribution in [3.63, 3.8) is 0 Å². The minimum atomic E-state index is -0.769. The summed E-state index contributed by atoms with van der Waals surface area (Å²) in [6.07, 6.45) is 1.85. The fourth-order valence-corrected chi connectivity index (χ4v) is 8.58. The molecule has 1 aliphatic heterocycles. The van der Waals surface area contributed by atoms with E-state index in [9.17, 15) is 9.59 Å². The molecule has 11 heteroatoms. The third-order valence-corrected chi connectivity index (χ3v) is 10.4. The Labute approximate surface area is 307 Å². The predicted molar refractivity (Wildman–Crippen MR) is 202 cm³/mol. The molecule has 1 aliphatic rings. The Morgan fingerprint density at radius 3 is 2.34 bits per heavy atom. The van der Waals surface area contributed by atoms with Crippen LogP contribution >= 0.6 is 68.1 Å². The molecule has 0 fully saturated rings. The molecule has 0 N–H and O–H groups in total. The van der Waals surface area contributed by atoms with Crippen LogP contribution < -0.4 is 24.4 Å². The first-order valence-electron chi connectivity index (χ1n) is 14.6. The van der Waals surface area contributed by atoms with Crippen LogP contribution in [0.2, 0.25) is 5.02 Å². The first kappa shape index (κ1) is 33.4. The van der Waals surface area contributed by atoms with Crippen molar-refractivity contribution in [3.05, 3.63) is 151 Å². The Balaban J connectivity index is 1.48. The fourth-order valence-electron chi connectivity index (χ4n) is 5.26. The number of benzene rings is 4. The largest absolute Gasteiger partial charge is 0.497 e. The summed E-state index contributed by atoms with van der Waals surface area (Å²) in [5, 5.41) is 0.652. The Morgan fingerprint density at radius 1 is 1.00 bits per heavy atom. The van der Waals surface area contributed by atoms with Gasteiger partial charge < -0.3 is 14.2 Å². The van der Waals surface area contributed by atoms with E-state index in [1.165, 1.54) is 11.3 Å². The van der Waals surface area contributed by atoms with Crippen molar-refractivity contribution in [2.45, 2.75) is 19.6 Å². The zero-order valence-corrected chi connectivity index (χ0v) is 31.1. The van der Waals surface area contributed by atoms with Crippen LogP contribution in [0, 0.1) is 7.14 Å². The molecule has 6 rings (SSSR count). The van der Waals surface area contributed by atoms with Gasteiger partial charge in [-0.25, -0.2) is 9.79 Å². The van der Waals surface area contributed by atoms with E-state index in [-0.39, 0.29) is 12.2 Å². The number of aromatic nitrogens is 1. The summed E-state index contributed by atoms with van der Waals surface area (Å²) in [5.41, 5.74) is 3.73. The minimum Gasteiger partial charge on any atom is -0.497 e. The molecule has 2 heterocycles. The van der Waals surface area contributed by atoms with Gasteiger partial charge in [-0.2, -0.15) is 0 Å². The molecule has 0 saturated carbocycles. The van der Waals surface area contributed by atoms with Crippen LogP contribution in [0.5, 0.6) is 11.5 Å². The highest BCUT2D eigenvalue weighted by Gasteiger charge is 2.35. The third-order valence-electron chi connectivity index (χ3n) is 7.45. The average Bonchev–Trinajstić information content (AvgIpc) is 3.38. The molecule has 0 radical (unpaired) electrons. The maximum absolute atomic E-state index is 14.3. The number of methoxy groups -OCH3 is 1. The molecule has 7 nitrogen and oxygen atoms in total. The van der Waals surface area contributed by atoms with Gasteiger partial charge in [-0.15, -0.1) is 0 Å². The highest BCUT2D eigenvalue weighted by molar-refractivity contribution is 14.1. The second kappa shape index (κ2) is 14.8. The van der Waals surface area contributed by atoms with E-state index < -0.39 is 12.0 Å². The summed E-state index contributed by atoms with van der Waals surface area (Å²) < 4.78 is 21.0. The van der Waals surface area contributed by atoms with Crippen LogP contribution in [0.25, 0.3) is 11.8 Å². The maximum Gasteiger partial charge on any atom is 0.338 e. The first-order chi connectivity index (χ1) is 22.8. The van der Waals surface area contributed by atoms with Gasteiger partial charge in [0.2, 0.25) is 0 Å². The lowest BCUT2D eigenvalue weighted by Gasteiger charge is -2.26. The standard InChI is InChI=1S/C36H27ClI2N2O5S/c1-3-45-35(43)30-31(22-9-5-4-6-10-22)40-36-41(32(30)23-13-15-25(44-2)16-14-23)34(42)29(47-36)19-21-17-27(38)33(28(39)18-21)46-20-24-11-7-8-12-26(24)37/h4-19,32H,3,20H2,1-2H3/b29-19-/t32-/m0/s1. The summed E-state index contributed by atoms with van der Waals surface area (Å²) in [6.45, 7) is 2.27. The SMILES string of the molecule is CCOC(=O)C1=C(c2ccccc2)N=c2s/c(=C\c3cc(I)c(OCc4ccccc4Cl)c(I)c3)c(=O)n2[C@H]1c1ccc(OC)cc1. The number of ether oxygens (including phenoxy) is 3. The molecule has 4 aromatic carbocycles. The lowest BCUT2D eigenvalue weighted by Crippen LogP contribution is -2.40. The molecule has 238 valence electrons. The third kappa shape index (κ3) is 7.06. The summed E-state index contributed by atoms with van der Waals surface area (Å²) in [5.74, 6) is 0.882. The summed E-state index contributed by atoms with van der Waals surface area (Å²) in [4.78, 5) is 33.3. The van der Waals surface area contributed by atoms with Gasteiger partial charge in [-0.05, 0) is 99.6 Å². The van der Waals surface area contributed by atoms with E-state index in [1.54, 1.807) is 18.6 Å².